The van der Waals surface area contributed by atoms with E-state index in [0.29, 0.717) is 22.2 Å². The van der Waals surface area contributed by atoms with Gasteiger partial charge in [-0.1, -0.05) is 15.9 Å². The summed E-state index contributed by atoms with van der Waals surface area (Å²) < 4.78 is 4.16. The van der Waals surface area contributed by atoms with E-state index >= 15 is 0 Å². The largest absolute Gasteiger partial charge is 0.321 e. The molecule has 152 valence electrons. The van der Waals surface area contributed by atoms with Crippen molar-refractivity contribution in [2.45, 2.75) is 23.9 Å². The van der Waals surface area contributed by atoms with Crippen molar-refractivity contribution >= 4 is 39.3 Å². The molecule has 30 heavy (non-hydrogen) atoms. The van der Waals surface area contributed by atoms with Crippen LogP contribution in [0.5, 0.6) is 0 Å². The zero-order valence-electron chi connectivity index (χ0n) is 16.4. The molecule has 0 saturated heterocycles. The van der Waals surface area contributed by atoms with E-state index < -0.39 is 0 Å². The van der Waals surface area contributed by atoms with Crippen LogP contribution in [0.25, 0.3) is 5.82 Å². The molecular weight excluding hydrogens is 468 g/mol. The molecule has 0 spiro atoms. The summed E-state index contributed by atoms with van der Waals surface area (Å²) in [4.78, 5) is 18.0. The van der Waals surface area contributed by atoms with Gasteiger partial charge >= 0.3 is 0 Å². The Morgan fingerprint density at radius 3 is 2.63 bits per heavy atom. The van der Waals surface area contributed by atoms with Gasteiger partial charge in [0.15, 0.2) is 5.82 Å². The van der Waals surface area contributed by atoms with E-state index in [1.165, 1.54) is 11.8 Å². The number of benzene rings is 1. The molecule has 11 heteroatoms. The van der Waals surface area contributed by atoms with Crippen LogP contribution in [0.4, 0.5) is 5.69 Å². The SMILES string of the molecule is Cc1cc(C)n(-c2ccc(C(=O)Nc3cc(Br)ccc3Sc3nnnn3C)cn2)n1. The minimum atomic E-state index is -0.265. The van der Waals surface area contributed by atoms with Crippen LogP contribution in [0.15, 0.2) is 57.1 Å². The zero-order chi connectivity index (χ0) is 21.3. The molecule has 4 rings (SSSR count). The van der Waals surface area contributed by atoms with Crippen molar-refractivity contribution in [2.24, 2.45) is 7.05 Å². The Hall–Kier alpha value is -3.05. The van der Waals surface area contributed by atoms with E-state index in [1.807, 2.05) is 38.1 Å². The first kappa shape index (κ1) is 20.2. The number of rotatable bonds is 5. The van der Waals surface area contributed by atoms with Gasteiger partial charge in [-0.05, 0) is 72.4 Å². The highest BCUT2D eigenvalue weighted by Crippen LogP contribution is 2.34. The fourth-order valence-corrected chi connectivity index (χ4v) is 3.96. The van der Waals surface area contributed by atoms with Crippen LogP contribution in [0.1, 0.15) is 21.7 Å². The van der Waals surface area contributed by atoms with Gasteiger partial charge in [0.1, 0.15) is 0 Å². The topological polar surface area (TPSA) is 103 Å². The van der Waals surface area contributed by atoms with Gasteiger partial charge in [0.25, 0.3) is 5.91 Å². The number of nitrogens with one attached hydrogen (secondary N) is 1. The van der Waals surface area contributed by atoms with Crippen molar-refractivity contribution in [1.29, 1.82) is 0 Å². The second-order valence-electron chi connectivity index (χ2n) is 6.53. The lowest BCUT2D eigenvalue weighted by Gasteiger charge is -2.11. The van der Waals surface area contributed by atoms with E-state index in [2.05, 4.69) is 46.9 Å². The molecule has 0 aliphatic heterocycles. The summed E-state index contributed by atoms with van der Waals surface area (Å²) in [6, 6.07) is 11.1. The smallest absolute Gasteiger partial charge is 0.257 e. The van der Waals surface area contributed by atoms with Crippen molar-refractivity contribution in [3.05, 3.63) is 64.0 Å². The summed E-state index contributed by atoms with van der Waals surface area (Å²) in [5.41, 5.74) is 2.97. The monoisotopic (exact) mass is 484 g/mol. The number of aryl methyl sites for hydroxylation is 3. The molecule has 1 aromatic carbocycles. The summed E-state index contributed by atoms with van der Waals surface area (Å²) in [5, 5.41) is 19.4. The van der Waals surface area contributed by atoms with Gasteiger partial charge in [-0.2, -0.15) is 5.10 Å². The Balaban J connectivity index is 1.56. The predicted octanol–water partition coefficient (Wildman–Crippen LogP) is 3.57. The third-order valence-electron chi connectivity index (χ3n) is 4.21. The molecule has 0 atom stereocenters. The van der Waals surface area contributed by atoms with Crippen LogP contribution in [0.3, 0.4) is 0 Å². The average molecular weight is 485 g/mol. The van der Waals surface area contributed by atoms with E-state index in [-0.39, 0.29) is 5.91 Å². The Kier molecular flexibility index (Phi) is 5.64. The molecule has 3 heterocycles. The number of aromatic nitrogens is 7. The molecule has 9 nitrogen and oxygen atoms in total. The number of hydrogen-bond donors (Lipinski definition) is 1. The molecule has 1 amide bonds. The van der Waals surface area contributed by atoms with Gasteiger partial charge in [-0.25, -0.2) is 14.3 Å². The molecule has 0 bridgehead atoms. The molecule has 3 aromatic heterocycles. The van der Waals surface area contributed by atoms with Crippen LogP contribution in [0, 0.1) is 13.8 Å². The van der Waals surface area contributed by atoms with Crippen LogP contribution >= 0.6 is 27.7 Å². The van der Waals surface area contributed by atoms with Crippen molar-refractivity contribution in [3.8, 4) is 5.82 Å². The number of nitrogens with zero attached hydrogens (tertiary/aromatic N) is 7. The Morgan fingerprint density at radius 1 is 1.17 bits per heavy atom. The van der Waals surface area contributed by atoms with Crippen LogP contribution in [-0.4, -0.2) is 40.9 Å². The van der Waals surface area contributed by atoms with Gasteiger partial charge < -0.3 is 5.32 Å². The van der Waals surface area contributed by atoms with Crippen molar-refractivity contribution < 1.29 is 4.79 Å². The quantitative estimate of drug-likeness (QED) is 0.461. The minimum Gasteiger partial charge on any atom is -0.321 e. The van der Waals surface area contributed by atoms with Crippen LogP contribution < -0.4 is 5.32 Å². The average Bonchev–Trinajstić information content (AvgIpc) is 3.28. The number of carbonyl (C=O) groups excluding carboxylic acids is 1. The highest BCUT2D eigenvalue weighted by Gasteiger charge is 2.14. The number of anilines is 1. The maximum atomic E-state index is 12.8. The standard InChI is InChI=1S/C19H17BrN8OS/c1-11-8-12(2)28(24-11)17-7-4-13(10-21-17)18(29)22-15-9-14(20)5-6-16(15)30-19-23-25-26-27(19)3/h4-10H,1-3H3,(H,22,29). The first-order valence-corrected chi connectivity index (χ1v) is 10.5. The lowest BCUT2D eigenvalue weighted by molar-refractivity contribution is 0.102. The van der Waals surface area contributed by atoms with E-state index in [9.17, 15) is 4.79 Å². The van der Waals surface area contributed by atoms with Gasteiger partial charge in [-0.15, -0.1) is 5.10 Å². The number of halogens is 1. The van der Waals surface area contributed by atoms with Crippen LogP contribution in [0.2, 0.25) is 0 Å². The zero-order valence-corrected chi connectivity index (χ0v) is 18.8. The lowest BCUT2D eigenvalue weighted by Crippen LogP contribution is -2.13. The second-order valence-corrected chi connectivity index (χ2v) is 8.45. The van der Waals surface area contributed by atoms with Crippen molar-refractivity contribution in [1.82, 2.24) is 35.0 Å². The number of pyridine rings is 1. The maximum Gasteiger partial charge on any atom is 0.257 e. The number of amides is 1. The highest BCUT2D eigenvalue weighted by atomic mass is 79.9. The lowest BCUT2D eigenvalue weighted by atomic mass is 10.2. The molecule has 0 saturated carbocycles. The molecule has 0 unspecified atom stereocenters. The van der Waals surface area contributed by atoms with Gasteiger partial charge in [0.05, 0.1) is 16.9 Å². The molecular formula is C19H17BrN8OS. The molecule has 0 radical (unpaired) electrons. The number of hydrogen-bond acceptors (Lipinski definition) is 7. The van der Waals surface area contributed by atoms with Crippen molar-refractivity contribution in [2.75, 3.05) is 5.32 Å². The van der Waals surface area contributed by atoms with Crippen molar-refractivity contribution in [3.63, 3.8) is 0 Å². The first-order valence-electron chi connectivity index (χ1n) is 8.91. The third-order valence-corrected chi connectivity index (χ3v) is 5.81. The summed E-state index contributed by atoms with van der Waals surface area (Å²) in [6.07, 6.45) is 1.54. The fourth-order valence-electron chi connectivity index (χ4n) is 2.80. The van der Waals surface area contributed by atoms with Gasteiger partial charge in [0.2, 0.25) is 5.16 Å². The van der Waals surface area contributed by atoms with Crippen LogP contribution in [-0.2, 0) is 7.05 Å². The minimum absolute atomic E-state index is 0.265. The van der Waals surface area contributed by atoms with Gasteiger partial charge in [0, 0.05) is 28.3 Å². The summed E-state index contributed by atoms with van der Waals surface area (Å²) >= 11 is 4.81. The Labute approximate surface area is 185 Å². The number of carbonyl (C=O) groups is 1. The highest BCUT2D eigenvalue weighted by molar-refractivity contribution is 9.10. The van der Waals surface area contributed by atoms with Gasteiger partial charge in [-0.3, -0.25) is 4.79 Å². The molecule has 0 aliphatic rings. The Morgan fingerprint density at radius 2 is 2.00 bits per heavy atom. The normalized spacial score (nSPS) is 10.9. The molecule has 4 aromatic rings. The third kappa shape index (κ3) is 4.26. The first-order chi connectivity index (χ1) is 14.4. The van der Waals surface area contributed by atoms with E-state index in [1.54, 1.807) is 34.7 Å². The Bertz CT molecular complexity index is 1220. The second kappa shape index (κ2) is 8.36. The maximum absolute atomic E-state index is 12.8. The molecule has 0 aliphatic carbocycles. The summed E-state index contributed by atoms with van der Waals surface area (Å²) in [7, 11) is 1.76. The summed E-state index contributed by atoms with van der Waals surface area (Å²) in [5.74, 6) is 0.393. The predicted molar refractivity (Wildman–Crippen MR) is 116 cm³/mol. The van der Waals surface area contributed by atoms with E-state index in [4.69, 9.17) is 0 Å². The number of tetrazole rings is 1. The molecule has 1 N–H and O–H groups in total. The molecule has 0 fully saturated rings. The fraction of sp³-hybridized carbons (Fsp3) is 0.158. The van der Waals surface area contributed by atoms with E-state index in [0.717, 1.165) is 20.8 Å². The summed E-state index contributed by atoms with van der Waals surface area (Å²) in [6.45, 7) is 3.89.